The van der Waals surface area contributed by atoms with Crippen molar-refractivity contribution in [1.82, 2.24) is 0 Å². The van der Waals surface area contributed by atoms with E-state index in [0.717, 1.165) is 4.42 Å². The van der Waals surface area contributed by atoms with Crippen LogP contribution < -0.4 is 4.42 Å². The molecule has 0 heterocycles. The van der Waals surface area contributed by atoms with Gasteiger partial charge in [-0.2, -0.15) is 0 Å². The Labute approximate surface area is 99.2 Å². The molecule has 16 heavy (non-hydrogen) atoms. The summed E-state index contributed by atoms with van der Waals surface area (Å²) >= 11 is 5.95. The van der Waals surface area contributed by atoms with Crippen molar-refractivity contribution in [2.24, 2.45) is 0 Å². The summed E-state index contributed by atoms with van der Waals surface area (Å²) in [6.45, 7) is 0. The molecular weight excluding hydrogens is 222 g/mol. The molecule has 0 spiro atoms. The molecule has 0 aliphatic rings. The summed E-state index contributed by atoms with van der Waals surface area (Å²) in [5, 5.41) is 0. The largest absolute Gasteiger partial charge is 0.273 e. The number of benzene rings is 2. The lowest BCUT2D eigenvalue weighted by Gasteiger charge is -2.13. The third kappa shape index (κ3) is 2.23. The van der Waals surface area contributed by atoms with E-state index in [1.165, 1.54) is 0 Å². The molecular formula is C13H9ClNO. The normalized spacial score (nSPS) is 9.81. The molecule has 1 amide bonds. The fourth-order valence-electron chi connectivity index (χ4n) is 1.31. The second-order valence-electron chi connectivity index (χ2n) is 3.20. The molecule has 0 bridgehead atoms. The zero-order valence-electron chi connectivity index (χ0n) is 8.43. The first-order chi connectivity index (χ1) is 7.79. The summed E-state index contributed by atoms with van der Waals surface area (Å²) in [7, 11) is 0. The number of carbonyl (C=O) groups excluding carboxylic acids is 1. The Bertz CT molecular complexity index is 470. The second kappa shape index (κ2) is 4.81. The molecule has 2 nitrogen and oxygen atoms in total. The van der Waals surface area contributed by atoms with Crippen LogP contribution in [0.5, 0.6) is 0 Å². The number of anilines is 1. The first-order valence-electron chi connectivity index (χ1n) is 4.81. The average Bonchev–Trinajstić information content (AvgIpc) is 2.39. The summed E-state index contributed by atoms with van der Waals surface area (Å²) < 4.78 is 1.09. The number of hydrogen-bond acceptors (Lipinski definition) is 1. The summed E-state index contributed by atoms with van der Waals surface area (Å²) in [5.74, 6) is -0.284. The van der Waals surface area contributed by atoms with Crippen LogP contribution in [0.15, 0.2) is 54.6 Å². The molecule has 0 saturated carbocycles. The van der Waals surface area contributed by atoms with Crippen LogP contribution in [-0.2, 0) is 0 Å². The maximum atomic E-state index is 11.9. The predicted molar refractivity (Wildman–Crippen MR) is 64.4 cm³/mol. The highest BCUT2D eigenvalue weighted by Gasteiger charge is 2.14. The van der Waals surface area contributed by atoms with Crippen molar-refractivity contribution in [3.63, 3.8) is 0 Å². The SMILES string of the molecule is O=C(c1[c]cccc1)N(Cl)c1ccccc1. The number of halogens is 1. The Balaban J connectivity index is 2.24. The molecule has 3 heteroatoms. The quantitative estimate of drug-likeness (QED) is 0.725. The molecule has 0 unspecified atom stereocenters. The third-order valence-electron chi connectivity index (χ3n) is 2.10. The number of hydrogen-bond donors (Lipinski definition) is 0. The van der Waals surface area contributed by atoms with Gasteiger partial charge in [0.05, 0.1) is 5.69 Å². The molecule has 0 aliphatic heterocycles. The smallest absolute Gasteiger partial charge is 0.267 e. The van der Waals surface area contributed by atoms with Crippen molar-refractivity contribution >= 4 is 23.4 Å². The van der Waals surface area contributed by atoms with Gasteiger partial charge in [0.2, 0.25) is 0 Å². The number of carbonyl (C=O) groups is 1. The van der Waals surface area contributed by atoms with Crippen LogP contribution in [0.3, 0.4) is 0 Å². The summed E-state index contributed by atoms with van der Waals surface area (Å²) in [6, 6.07) is 18.9. The maximum absolute atomic E-state index is 11.9. The molecule has 2 rings (SSSR count). The highest BCUT2D eigenvalue weighted by atomic mass is 35.5. The molecule has 0 aliphatic carbocycles. The molecule has 0 N–H and O–H groups in total. The van der Waals surface area contributed by atoms with Crippen LogP contribution in [0.4, 0.5) is 5.69 Å². The Morgan fingerprint density at radius 3 is 2.38 bits per heavy atom. The maximum Gasteiger partial charge on any atom is 0.273 e. The lowest BCUT2D eigenvalue weighted by molar-refractivity contribution is 0.101. The monoisotopic (exact) mass is 230 g/mol. The van der Waals surface area contributed by atoms with E-state index in [1.807, 2.05) is 18.2 Å². The Kier molecular flexibility index (Phi) is 3.22. The molecule has 1 radical (unpaired) electrons. The summed E-state index contributed by atoms with van der Waals surface area (Å²) in [6.07, 6.45) is 0. The Morgan fingerprint density at radius 2 is 1.75 bits per heavy atom. The lowest BCUT2D eigenvalue weighted by Crippen LogP contribution is -2.20. The fourth-order valence-corrected chi connectivity index (χ4v) is 1.51. The van der Waals surface area contributed by atoms with Gasteiger partial charge in [-0.25, -0.2) is 4.42 Å². The standard InChI is InChI=1S/C13H9ClNO/c14-15(12-9-5-2-6-10-12)13(16)11-7-3-1-4-8-11/h1-7,9-10H. The van der Waals surface area contributed by atoms with Crippen LogP contribution >= 0.6 is 11.8 Å². The average molecular weight is 231 g/mol. The fraction of sp³-hybridized carbons (Fsp3) is 0. The van der Waals surface area contributed by atoms with Crippen LogP contribution in [0.1, 0.15) is 10.4 Å². The van der Waals surface area contributed by atoms with Crippen LogP contribution in [0.2, 0.25) is 0 Å². The van der Waals surface area contributed by atoms with Crippen molar-refractivity contribution in [2.45, 2.75) is 0 Å². The van der Waals surface area contributed by atoms with Crippen molar-refractivity contribution < 1.29 is 4.79 Å². The van der Waals surface area contributed by atoms with Crippen LogP contribution in [0, 0.1) is 6.07 Å². The minimum absolute atomic E-state index is 0.284. The van der Waals surface area contributed by atoms with Gasteiger partial charge >= 0.3 is 0 Å². The molecule has 2 aromatic carbocycles. The van der Waals surface area contributed by atoms with Crippen molar-refractivity contribution in [3.05, 3.63) is 66.2 Å². The number of nitrogens with zero attached hydrogens (tertiary/aromatic N) is 1. The van der Waals surface area contributed by atoms with Gasteiger partial charge in [0.25, 0.3) is 5.91 Å². The van der Waals surface area contributed by atoms with Gasteiger partial charge in [-0.15, -0.1) is 0 Å². The van der Waals surface area contributed by atoms with Gasteiger partial charge in [0.15, 0.2) is 0 Å². The summed E-state index contributed by atoms with van der Waals surface area (Å²) in [5.41, 5.74) is 1.09. The highest BCUT2D eigenvalue weighted by Crippen LogP contribution is 2.18. The predicted octanol–water partition coefficient (Wildman–Crippen LogP) is 3.29. The zero-order chi connectivity index (χ0) is 11.4. The molecule has 0 atom stereocenters. The lowest BCUT2D eigenvalue weighted by atomic mass is 10.2. The van der Waals surface area contributed by atoms with Gasteiger partial charge in [0.1, 0.15) is 0 Å². The zero-order valence-corrected chi connectivity index (χ0v) is 9.19. The van der Waals surface area contributed by atoms with E-state index in [-0.39, 0.29) is 5.91 Å². The minimum atomic E-state index is -0.284. The Hall–Kier alpha value is -1.80. The van der Waals surface area contributed by atoms with E-state index in [1.54, 1.807) is 36.4 Å². The highest BCUT2D eigenvalue weighted by molar-refractivity contribution is 6.39. The van der Waals surface area contributed by atoms with Crippen molar-refractivity contribution in [1.29, 1.82) is 0 Å². The van der Waals surface area contributed by atoms with E-state index in [0.29, 0.717) is 11.3 Å². The van der Waals surface area contributed by atoms with E-state index >= 15 is 0 Å². The third-order valence-corrected chi connectivity index (χ3v) is 2.45. The molecule has 0 fully saturated rings. The molecule has 79 valence electrons. The molecule has 2 aromatic rings. The van der Waals surface area contributed by atoms with Crippen LogP contribution in [-0.4, -0.2) is 5.91 Å². The number of amides is 1. The van der Waals surface area contributed by atoms with E-state index in [4.69, 9.17) is 11.8 Å². The van der Waals surface area contributed by atoms with E-state index in [9.17, 15) is 4.79 Å². The van der Waals surface area contributed by atoms with Gasteiger partial charge in [-0.05, 0) is 24.3 Å². The second-order valence-corrected chi connectivity index (χ2v) is 3.54. The van der Waals surface area contributed by atoms with Crippen molar-refractivity contribution in [2.75, 3.05) is 4.42 Å². The minimum Gasteiger partial charge on any atom is -0.267 e. The molecule has 0 aromatic heterocycles. The van der Waals surface area contributed by atoms with Gasteiger partial charge < -0.3 is 0 Å². The summed E-state index contributed by atoms with van der Waals surface area (Å²) in [4.78, 5) is 11.9. The van der Waals surface area contributed by atoms with Crippen molar-refractivity contribution in [3.8, 4) is 0 Å². The topological polar surface area (TPSA) is 20.3 Å². The number of para-hydroxylation sites is 1. The van der Waals surface area contributed by atoms with E-state index < -0.39 is 0 Å². The molecule has 0 saturated heterocycles. The Morgan fingerprint density at radius 1 is 1.06 bits per heavy atom. The van der Waals surface area contributed by atoms with Crippen LogP contribution in [0.25, 0.3) is 0 Å². The van der Waals surface area contributed by atoms with Gasteiger partial charge in [0, 0.05) is 17.3 Å². The number of rotatable bonds is 2. The first kappa shape index (κ1) is 10.7. The first-order valence-corrected chi connectivity index (χ1v) is 5.15. The van der Waals surface area contributed by atoms with Gasteiger partial charge in [-0.3, -0.25) is 4.79 Å². The van der Waals surface area contributed by atoms with Gasteiger partial charge in [-0.1, -0.05) is 36.4 Å². The van der Waals surface area contributed by atoms with E-state index in [2.05, 4.69) is 6.07 Å².